The van der Waals surface area contributed by atoms with Gasteiger partial charge in [0, 0.05) is 34.8 Å². The minimum Gasteiger partial charge on any atom is -0.339 e. The third-order valence-electron chi connectivity index (χ3n) is 3.43. The third kappa shape index (κ3) is 3.32. The van der Waals surface area contributed by atoms with Crippen molar-refractivity contribution in [2.24, 2.45) is 5.92 Å². The highest BCUT2D eigenvalue weighted by Gasteiger charge is 2.25. The number of rotatable bonds is 2. The van der Waals surface area contributed by atoms with Crippen LogP contribution in [0.1, 0.15) is 30.1 Å². The maximum atomic E-state index is 12.3. The second-order valence-corrected chi connectivity index (χ2v) is 7.06. The summed E-state index contributed by atoms with van der Waals surface area (Å²) in [6.45, 7) is 3.86. The first-order valence-corrected chi connectivity index (χ1v) is 7.82. The number of nitrogens with zero attached hydrogens (tertiary/aromatic N) is 2. The van der Waals surface area contributed by atoms with Crippen LogP contribution in [0.25, 0.3) is 0 Å². The Morgan fingerprint density at radius 2 is 2.11 bits per heavy atom. The highest BCUT2D eigenvalue weighted by atomic mass is 79.9. The summed E-state index contributed by atoms with van der Waals surface area (Å²) < 4.78 is 0.845. The standard InChI is InChI=1S/C13H16Br2N2O/c1-9(14)10-2-4-17(5-3-10)13(18)11-6-12(15)8-16-7-11/h6-10H,2-5H2,1H3. The largest absolute Gasteiger partial charge is 0.339 e. The summed E-state index contributed by atoms with van der Waals surface area (Å²) in [6, 6.07) is 1.83. The molecule has 0 aliphatic carbocycles. The van der Waals surface area contributed by atoms with Gasteiger partial charge in [0.2, 0.25) is 0 Å². The molecule has 1 saturated heterocycles. The van der Waals surface area contributed by atoms with Crippen molar-refractivity contribution in [3.8, 4) is 0 Å². The van der Waals surface area contributed by atoms with E-state index in [0.717, 1.165) is 30.4 Å². The lowest BCUT2D eigenvalue weighted by Gasteiger charge is -2.33. The van der Waals surface area contributed by atoms with E-state index in [1.165, 1.54) is 0 Å². The summed E-state index contributed by atoms with van der Waals surface area (Å²) >= 11 is 6.97. The maximum absolute atomic E-state index is 12.3. The van der Waals surface area contributed by atoms with Crippen molar-refractivity contribution in [2.75, 3.05) is 13.1 Å². The number of hydrogen-bond donors (Lipinski definition) is 0. The second-order valence-electron chi connectivity index (χ2n) is 4.70. The van der Waals surface area contributed by atoms with Gasteiger partial charge in [0.15, 0.2) is 0 Å². The van der Waals surface area contributed by atoms with Crippen LogP contribution in [0.3, 0.4) is 0 Å². The molecule has 2 heterocycles. The smallest absolute Gasteiger partial charge is 0.255 e. The normalized spacial score (nSPS) is 18.7. The van der Waals surface area contributed by atoms with Crippen molar-refractivity contribution in [1.29, 1.82) is 0 Å². The van der Waals surface area contributed by atoms with Crippen molar-refractivity contribution in [1.82, 2.24) is 9.88 Å². The van der Waals surface area contributed by atoms with E-state index in [1.54, 1.807) is 12.4 Å². The number of hydrogen-bond acceptors (Lipinski definition) is 2. The number of aromatic nitrogens is 1. The van der Waals surface area contributed by atoms with E-state index >= 15 is 0 Å². The number of carbonyl (C=O) groups excluding carboxylic acids is 1. The Kier molecular flexibility index (Phi) is 4.78. The molecule has 3 nitrogen and oxygen atoms in total. The van der Waals surface area contributed by atoms with Gasteiger partial charge in [-0.2, -0.15) is 0 Å². The minimum atomic E-state index is 0.0875. The minimum absolute atomic E-state index is 0.0875. The van der Waals surface area contributed by atoms with E-state index in [2.05, 4.69) is 43.8 Å². The van der Waals surface area contributed by atoms with Gasteiger partial charge in [0.25, 0.3) is 5.91 Å². The first-order chi connectivity index (χ1) is 8.58. The van der Waals surface area contributed by atoms with Crippen LogP contribution < -0.4 is 0 Å². The fourth-order valence-electron chi connectivity index (χ4n) is 2.27. The van der Waals surface area contributed by atoms with Gasteiger partial charge in [-0.15, -0.1) is 0 Å². The van der Waals surface area contributed by atoms with Crippen LogP contribution in [0.4, 0.5) is 0 Å². The summed E-state index contributed by atoms with van der Waals surface area (Å²) in [7, 11) is 0. The monoisotopic (exact) mass is 374 g/mol. The molecule has 1 atom stereocenters. The molecule has 0 radical (unpaired) electrons. The Bertz CT molecular complexity index is 429. The molecule has 1 aliphatic heterocycles. The average molecular weight is 376 g/mol. The van der Waals surface area contributed by atoms with Gasteiger partial charge in [0.1, 0.15) is 0 Å². The molecular formula is C13H16Br2N2O. The lowest BCUT2D eigenvalue weighted by atomic mass is 9.94. The summed E-state index contributed by atoms with van der Waals surface area (Å²) in [6.07, 6.45) is 5.46. The van der Waals surface area contributed by atoms with Crippen molar-refractivity contribution >= 4 is 37.8 Å². The van der Waals surface area contributed by atoms with Gasteiger partial charge in [0.05, 0.1) is 5.56 Å². The molecule has 5 heteroatoms. The Morgan fingerprint density at radius 3 is 2.67 bits per heavy atom. The molecule has 98 valence electrons. The molecule has 0 aromatic carbocycles. The van der Waals surface area contributed by atoms with Gasteiger partial charge in [-0.3, -0.25) is 9.78 Å². The highest BCUT2D eigenvalue weighted by molar-refractivity contribution is 9.10. The van der Waals surface area contributed by atoms with E-state index in [9.17, 15) is 4.79 Å². The molecule has 1 aliphatic rings. The number of piperidine rings is 1. The van der Waals surface area contributed by atoms with Gasteiger partial charge < -0.3 is 4.90 Å². The molecule has 0 bridgehead atoms. The lowest BCUT2D eigenvalue weighted by molar-refractivity contribution is 0.0691. The second kappa shape index (κ2) is 6.15. The number of carbonyl (C=O) groups is 1. The predicted octanol–water partition coefficient (Wildman–Crippen LogP) is 3.48. The van der Waals surface area contributed by atoms with E-state index < -0.39 is 0 Å². The molecule has 0 N–H and O–H groups in total. The molecule has 18 heavy (non-hydrogen) atoms. The zero-order valence-electron chi connectivity index (χ0n) is 10.3. The topological polar surface area (TPSA) is 33.2 Å². The average Bonchev–Trinajstić information content (AvgIpc) is 2.38. The van der Waals surface area contributed by atoms with Crippen LogP contribution in [0, 0.1) is 5.92 Å². The fourth-order valence-corrected chi connectivity index (χ4v) is 3.17. The number of pyridine rings is 1. The molecule has 0 saturated carbocycles. The molecule has 1 fully saturated rings. The van der Waals surface area contributed by atoms with E-state index in [4.69, 9.17) is 0 Å². The van der Waals surface area contributed by atoms with Crippen molar-refractivity contribution < 1.29 is 4.79 Å². The van der Waals surface area contributed by atoms with Gasteiger partial charge in [-0.1, -0.05) is 22.9 Å². The predicted molar refractivity (Wildman–Crippen MR) is 79.0 cm³/mol. The Balaban J connectivity index is 1.99. The molecule has 1 unspecified atom stereocenters. The van der Waals surface area contributed by atoms with Gasteiger partial charge in [-0.05, 0) is 40.8 Å². The van der Waals surface area contributed by atoms with Crippen LogP contribution in [0.5, 0.6) is 0 Å². The lowest BCUT2D eigenvalue weighted by Crippen LogP contribution is -2.40. The quantitative estimate of drug-likeness (QED) is 0.741. The summed E-state index contributed by atoms with van der Waals surface area (Å²) in [5.74, 6) is 0.763. The fraction of sp³-hybridized carbons (Fsp3) is 0.538. The molecule has 1 aromatic heterocycles. The Labute approximate surface area is 124 Å². The van der Waals surface area contributed by atoms with Crippen molar-refractivity contribution in [3.05, 3.63) is 28.5 Å². The first-order valence-electron chi connectivity index (χ1n) is 6.12. The zero-order chi connectivity index (χ0) is 13.1. The van der Waals surface area contributed by atoms with Gasteiger partial charge >= 0.3 is 0 Å². The third-order valence-corrected chi connectivity index (χ3v) is 4.61. The van der Waals surface area contributed by atoms with Crippen LogP contribution in [0.15, 0.2) is 22.9 Å². The molecule has 0 spiro atoms. The molecule has 1 amide bonds. The van der Waals surface area contributed by atoms with Crippen molar-refractivity contribution in [3.63, 3.8) is 0 Å². The number of likely N-dealkylation sites (tertiary alicyclic amines) is 1. The highest BCUT2D eigenvalue weighted by Crippen LogP contribution is 2.25. The molecular weight excluding hydrogens is 360 g/mol. The summed E-state index contributed by atoms with van der Waals surface area (Å²) in [5.41, 5.74) is 0.662. The van der Waals surface area contributed by atoms with E-state index in [0.29, 0.717) is 16.3 Å². The van der Waals surface area contributed by atoms with Gasteiger partial charge in [-0.25, -0.2) is 0 Å². The number of alkyl halides is 1. The Hall–Kier alpha value is -0.420. The van der Waals surface area contributed by atoms with E-state index in [-0.39, 0.29) is 5.91 Å². The molecule has 1 aromatic rings. The first kappa shape index (κ1) is 14.0. The molecule has 2 rings (SSSR count). The van der Waals surface area contributed by atoms with Crippen LogP contribution in [-0.4, -0.2) is 33.7 Å². The maximum Gasteiger partial charge on any atom is 0.255 e. The summed E-state index contributed by atoms with van der Waals surface area (Å²) in [5, 5.41) is 0. The van der Waals surface area contributed by atoms with Crippen LogP contribution in [-0.2, 0) is 0 Å². The van der Waals surface area contributed by atoms with E-state index in [1.807, 2.05) is 11.0 Å². The van der Waals surface area contributed by atoms with Crippen LogP contribution >= 0.6 is 31.9 Å². The SMILES string of the molecule is CC(Br)C1CCN(C(=O)c2cncc(Br)c2)CC1. The van der Waals surface area contributed by atoms with Crippen LogP contribution in [0.2, 0.25) is 0 Å². The number of halogens is 2. The zero-order valence-corrected chi connectivity index (χ0v) is 13.4. The Morgan fingerprint density at radius 1 is 1.44 bits per heavy atom. The van der Waals surface area contributed by atoms with Crippen molar-refractivity contribution in [2.45, 2.75) is 24.6 Å². The summed E-state index contributed by atoms with van der Waals surface area (Å²) in [4.78, 5) is 18.8. The number of amides is 1.